The second-order valence-electron chi connectivity index (χ2n) is 8.25. The first-order chi connectivity index (χ1) is 12.3. The van der Waals surface area contributed by atoms with Gasteiger partial charge in [-0.05, 0) is 49.1 Å². The molecule has 0 fully saturated rings. The summed E-state index contributed by atoms with van der Waals surface area (Å²) in [7, 11) is 0.600. The maximum atomic E-state index is 3.90. The minimum atomic E-state index is -1.53. The highest BCUT2D eigenvalue weighted by Gasteiger charge is 2.25. The average Bonchev–Trinajstić information content (AvgIpc) is 3.14. The predicted octanol–water partition coefficient (Wildman–Crippen LogP) is 6.55. The highest BCUT2D eigenvalue weighted by molar-refractivity contribution is 9.10. The number of rotatable bonds is 2. The molecular weight excluding hydrogens is 400 g/mol. The van der Waals surface area contributed by atoms with Crippen LogP contribution < -0.4 is 0 Å². The van der Waals surface area contributed by atoms with E-state index in [1.54, 1.807) is 0 Å². The Morgan fingerprint density at radius 3 is 2.69 bits per heavy atom. The molecule has 2 heterocycles. The minimum Gasteiger partial charge on any atom is -0.354 e. The van der Waals surface area contributed by atoms with Crippen molar-refractivity contribution in [3.63, 3.8) is 0 Å². The fourth-order valence-electron chi connectivity index (χ4n) is 3.94. The summed E-state index contributed by atoms with van der Waals surface area (Å²) in [5.74, 6) is 0. The van der Waals surface area contributed by atoms with E-state index in [2.05, 4.69) is 94.4 Å². The molecule has 0 bridgehead atoms. The second kappa shape index (κ2) is 6.45. The van der Waals surface area contributed by atoms with E-state index >= 15 is 0 Å². The number of hydrogen-bond donors (Lipinski definition) is 1. The van der Waals surface area contributed by atoms with Crippen molar-refractivity contribution in [2.45, 2.75) is 38.9 Å². The molecule has 0 saturated heterocycles. The smallest absolute Gasteiger partial charge is 0.0903 e. The van der Waals surface area contributed by atoms with Crippen LogP contribution in [0.5, 0.6) is 0 Å². The lowest BCUT2D eigenvalue weighted by Crippen LogP contribution is -2.23. The molecule has 0 radical (unpaired) electrons. The Kier molecular flexibility index (Phi) is 4.38. The van der Waals surface area contributed by atoms with Gasteiger partial charge in [-0.1, -0.05) is 41.6 Å². The molecule has 3 aromatic rings. The van der Waals surface area contributed by atoms with E-state index in [0.717, 1.165) is 17.3 Å². The Bertz CT molecular complexity index is 1060. The maximum absolute atomic E-state index is 3.90. The Labute approximate surface area is 164 Å². The molecule has 0 atom stereocenters. The van der Waals surface area contributed by atoms with E-state index in [9.17, 15) is 0 Å². The van der Waals surface area contributed by atoms with Gasteiger partial charge in [0.2, 0.25) is 0 Å². The largest absolute Gasteiger partial charge is 0.354 e. The van der Waals surface area contributed by atoms with Gasteiger partial charge in [-0.15, -0.1) is 5.73 Å². The van der Waals surface area contributed by atoms with E-state index in [1.807, 2.05) is 0 Å². The number of H-pyrrole nitrogens is 1. The fourth-order valence-corrected chi connectivity index (χ4v) is 5.86. The first-order valence-corrected chi connectivity index (χ1v) is 13.6. The summed E-state index contributed by atoms with van der Waals surface area (Å²) in [4.78, 5) is 3.69. The molecule has 0 spiro atoms. The lowest BCUT2D eigenvalue weighted by molar-refractivity contribution is 0.824. The predicted molar refractivity (Wildman–Crippen MR) is 118 cm³/mol. The number of aromatic nitrogens is 2. The van der Waals surface area contributed by atoms with Gasteiger partial charge in [-0.25, -0.2) is 0 Å². The molecule has 134 valence electrons. The monoisotopic (exact) mass is 424 g/mol. The first kappa shape index (κ1) is 17.7. The summed E-state index contributed by atoms with van der Waals surface area (Å²) in [5, 5.41) is 2.77. The summed E-state index contributed by atoms with van der Waals surface area (Å²) >= 11 is 3.60. The highest BCUT2D eigenvalue weighted by Crippen LogP contribution is 2.37. The van der Waals surface area contributed by atoms with E-state index in [4.69, 9.17) is 0 Å². The lowest BCUT2D eigenvalue weighted by atomic mass is 9.92. The molecule has 4 heteroatoms. The molecule has 1 aliphatic rings. The molecule has 2 nitrogen and oxygen atoms in total. The van der Waals surface area contributed by atoms with E-state index in [1.165, 1.54) is 45.0 Å². The van der Waals surface area contributed by atoms with Crippen LogP contribution in [0.25, 0.3) is 21.7 Å². The standard InChI is InChI=1S/C22H25BrN2Si/c1-25-12-6-9-20(25)21(26(2,3)4)13-15-7-5-8-18-17-11-10-16(23)14-19(17)24-22(15)18/h6,9-12,14,24H,5,7-8H2,1-4H3. The summed E-state index contributed by atoms with van der Waals surface area (Å²) in [6.07, 6.45) is 5.58. The number of hydrogen-bond acceptors (Lipinski definition) is 0. The second-order valence-corrected chi connectivity index (χ2v) is 14.2. The molecule has 0 aliphatic heterocycles. The van der Waals surface area contributed by atoms with Gasteiger partial charge in [0.05, 0.1) is 13.8 Å². The van der Waals surface area contributed by atoms with Crippen molar-refractivity contribution >= 4 is 45.7 Å². The zero-order valence-electron chi connectivity index (χ0n) is 15.9. The number of halogens is 1. The third-order valence-electron chi connectivity index (χ3n) is 5.25. The first-order valence-electron chi connectivity index (χ1n) is 9.27. The number of nitrogens with zero attached hydrogens (tertiary/aromatic N) is 1. The van der Waals surface area contributed by atoms with Gasteiger partial charge in [0, 0.05) is 45.1 Å². The van der Waals surface area contributed by atoms with E-state index in [0.29, 0.717) is 0 Å². The van der Waals surface area contributed by atoms with Crippen LogP contribution in [0.2, 0.25) is 19.6 Å². The van der Waals surface area contributed by atoms with Gasteiger partial charge in [0.25, 0.3) is 0 Å². The van der Waals surface area contributed by atoms with Crippen LogP contribution in [0.1, 0.15) is 29.8 Å². The molecule has 1 aliphatic carbocycles. The Morgan fingerprint density at radius 1 is 1.19 bits per heavy atom. The van der Waals surface area contributed by atoms with E-state index in [-0.39, 0.29) is 0 Å². The minimum absolute atomic E-state index is 1.10. The molecule has 0 amide bonds. The van der Waals surface area contributed by atoms with Crippen molar-refractivity contribution < 1.29 is 0 Å². The quantitative estimate of drug-likeness (QED) is 0.355. The highest BCUT2D eigenvalue weighted by atomic mass is 79.9. The van der Waals surface area contributed by atoms with Gasteiger partial charge in [-0.3, -0.25) is 0 Å². The van der Waals surface area contributed by atoms with E-state index < -0.39 is 8.07 Å². The van der Waals surface area contributed by atoms with Crippen LogP contribution in [-0.4, -0.2) is 17.6 Å². The number of allylic oxidation sites excluding steroid dienone is 1. The fraction of sp³-hybridized carbons (Fsp3) is 0.318. The number of nitrogens with one attached hydrogen (secondary N) is 1. The molecule has 1 N–H and O–H groups in total. The molecule has 1 aromatic carbocycles. The van der Waals surface area contributed by atoms with Crippen molar-refractivity contribution in [2.75, 3.05) is 0 Å². The molecule has 0 unspecified atom stereocenters. The zero-order chi connectivity index (χ0) is 18.5. The SMILES string of the molecule is Cn1cccc1C(=C=C1CCCc2c1[nH]c1cc(Br)ccc21)[Si](C)(C)C. The number of aromatic amines is 1. The van der Waals surface area contributed by atoms with Crippen molar-refractivity contribution in [1.29, 1.82) is 0 Å². The topological polar surface area (TPSA) is 20.7 Å². The third kappa shape index (κ3) is 3.07. The van der Waals surface area contributed by atoms with Crippen molar-refractivity contribution in [3.05, 3.63) is 63.7 Å². The van der Waals surface area contributed by atoms with Crippen LogP contribution in [0.3, 0.4) is 0 Å². The Morgan fingerprint density at radius 2 is 2.00 bits per heavy atom. The van der Waals surface area contributed by atoms with Crippen LogP contribution in [0.15, 0.2) is 46.7 Å². The van der Waals surface area contributed by atoms with Crippen molar-refractivity contribution in [3.8, 4) is 0 Å². The summed E-state index contributed by atoms with van der Waals surface area (Å²) < 4.78 is 3.35. The van der Waals surface area contributed by atoms with Crippen molar-refractivity contribution in [2.24, 2.45) is 7.05 Å². The molecule has 4 rings (SSSR count). The Balaban J connectivity index is 1.99. The number of aryl methyl sites for hydroxylation is 2. The maximum Gasteiger partial charge on any atom is 0.0903 e. The number of benzene rings is 1. The van der Waals surface area contributed by atoms with Gasteiger partial charge in [-0.2, -0.15) is 0 Å². The lowest BCUT2D eigenvalue weighted by Gasteiger charge is -2.21. The van der Waals surface area contributed by atoms with Gasteiger partial charge >= 0.3 is 0 Å². The average molecular weight is 425 g/mol. The molecule has 26 heavy (non-hydrogen) atoms. The molecular formula is C22H25BrN2Si. The van der Waals surface area contributed by atoms with Gasteiger partial charge in [0.1, 0.15) is 0 Å². The van der Waals surface area contributed by atoms with Gasteiger partial charge in [0.15, 0.2) is 0 Å². The molecule has 0 saturated carbocycles. The normalized spacial score (nSPS) is 14.4. The summed E-state index contributed by atoms with van der Waals surface area (Å²) in [6, 6.07) is 10.9. The Hall–Kier alpha value is -1.74. The van der Waals surface area contributed by atoms with Crippen LogP contribution in [0.4, 0.5) is 0 Å². The van der Waals surface area contributed by atoms with Crippen LogP contribution >= 0.6 is 15.9 Å². The number of fused-ring (bicyclic) bond motifs is 3. The zero-order valence-corrected chi connectivity index (χ0v) is 18.5. The van der Waals surface area contributed by atoms with Gasteiger partial charge < -0.3 is 9.55 Å². The van der Waals surface area contributed by atoms with Crippen molar-refractivity contribution in [1.82, 2.24) is 9.55 Å². The summed E-state index contributed by atoms with van der Waals surface area (Å²) in [6.45, 7) is 7.23. The third-order valence-corrected chi connectivity index (χ3v) is 7.62. The van der Waals surface area contributed by atoms with Crippen LogP contribution in [-0.2, 0) is 13.5 Å². The summed E-state index contributed by atoms with van der Waals surface area (Å²) in [5.41, 5.74) is 10.5. The molecule has 2 aromatic heterocycles. The van der Waals surface area contributed by atoms with Crippen LogP contribution in [0, 0.1) is 0 Å².